The van der Waals surface area contributed by atoms with Gasteiger partial charge in [0.05, 0.1) is 22.0 Å². The maximum Gasteiger partial charge on any atom is 0.260 e. The van der Waals surface area contributed by atoms with E-state index in [9.17, 15) is 19.5 Å². The third kappa shape index (κ3) is 4.04. The van der Waals surface area contributed by atoms with Crippen LogP contribution in [0.5, 0.6) is 0 Å². The number of carboxylic acids is 1. The molecule has 3 rings (SSSR count). The van der Waals surface area contributed by atoms with Crippen molar-refractivity contribution in [1.82, 2.24) is 15.3 Å². The van der Waals surface area contributed by atoms with Crippen LogP contribution in [0.25, 0.3) is 10.2 Å². The van der Waals surface area contributed by atoms with Crippen LogP contribution in [0.15, 0.2) is 9.95 Å². The Labute approximate surface area is 152 Å². The van der Waals surface area contributed by atoms with Crippen molar-refractivity contribution in [1.29, 1.82) is 0 Å². The fourth-order valence-electron chi connectivity index (χ4n) is 3.04. The summed E-state index contributed by atoms with van der Waals surface area (Å²) in [6, 6.07) is 0.238. The summed E-state index contributed by atoms with van der Waals surface area (Å²) in [5.41, 5.74) is -0.0400. The SMILES string of the molecule is Cc1c(C(=O)[O-])sc2nc(SCC(=O)NC3CCCCC3)[nH]c(=O)c12. The van der Waals surface area contributed by atoms with Gasteiger partial charge in [0.2, 0.25) is 5.91 Å². The van der Waals surface area contributed by atoms with E-state index in [-0.39, 0.29) is 28.0 Å². The molecular weight excluding hydrogens is 362 g/mol. The van der Waals surface area contributed by atoms with E-state index in [0.717, 1.165) is 48.8 Å². The number of rotatable bonds is 5. The number of carboxylic acid groups (broad SMARTS) is 1. The molecule has 2 N–H and O–H groups in total. The number of carbonyl (C=O) groups excluding carboxylic acids is 2. The van der Waals surface area contributed by atoms with Crippen LogP contribution in [0.3, 0.4) is 0 Å². The zero-order chi connectivity index (χ0) is 18.0. The van der Waals surface area contributed by atoms with Crippen molar-refractivity contribution in [2.24, 2.45) is 0 Å². The molecule has 0 atom stereocenters. The second-order valence-corrected chi connectivity index (χ2v) is 8.05. The molecule has 0 aliphatic heterocycles. The number of aromatic amines is 1. The summed E-state index contributed by atoms with van der Waals surface area (Å²) in [6.45, 7) is 1.56. The third-order valence-electron chi connectivity index (χ3n) is 4.27. The van der Waals surface area contributed by atoms with Crippen LogP contribution in [0.2, 0.25) is 0 Å². The summed E-state index contributed by atoms with van der Waals surface area (Å²) >= 11 is 2.05. The highest BCUT2D eigenvalue weighted by molar-refractivity contribution is 7.99. The van der Waals surface area contributed by atoms with Gasteiger partial charge >= 0.3 is 0 Å². The van der Waals surface area contributed by atoms with Gasteiger partial charge in [-0.3, -0.25) is 9.59 Å². The monoisotopic (exact) mass is 380 g/mol. The zero-order valence-electron chi connectivity index (χ0n) is 13.7. The lowest BCUT2D eigenvalue weighted by atomic mass is 9.95. The minimum atomic E-state index is -1.32. The summed E-state index contributed by atoms with van der Waals surface area (Å²) in [7, 11) is 0. The summed E-state index contributed by atoms with van der Waals surface area (Å²) in [5, 5.41) is 14.7. The quantitative estimate of drug-likeness (QED) is 0.595. The Hall–Kier alpha value is -1.87. The van der Waals surface area contributed by atoms with Crippen LogP contribution in [-0.4, -0.2) is 33.6 Å². The number of thioether (sulfide) groups is 1. The molecule has 1 aliphatic carbocycles. The van der Waals surface area contributed by atoms with Crippen LogP contribution in [-0.2, 0) is 4.79 Å². The summed E-state index contributed by atoms with van der Waals surface area (Å²) < 4.78 is 0. The van der Waals surface area contributed by atoms with Crippen molar-refractivity contribution >= 4 is 45.2 Å². The molecule has 1 aliphatic rings. The Bertz CT molecular complexity index is 868. The Kier molecular flexibility index (Phi) is 5.43. The number of carbonyl (C=O) groups is 2. The highest BCUT2D eigenvalue weighted by atomic mass is 32.2. The topological polar surface area (TPSA) is 115 Å². The number of nitrogens with one attached hydrogen (secondary N) is 2. The highest BCUT2D eigenvalue weighted by Gasteiger charge is 2.17. The zero-order valence-corrected chi connectivity index (χ0v) is 15.3. The van der Waals surface area contributed by atoms with E-state index in [2.05, 4.69) is 15.3 Å². The number of hydrogen-bond donors (Lipinski definition) is 2. The van der Waals surface area contributed by atoms with Gasteiger partial charge in [0.15, 0.2) is 5.16 Å². The molecule has 9 heteroatoms. The lowest BCUT2D eigenvalue weighted by molar-refractivity contribution is -0.254. The van der Waals surface area contributed by atoms with E-state index in [0.29, 0.717) is 15.6 Å². The Morgan fingerprint density at radius 3 is 2.76 bits per heavy atom. The first-order valence-electron chi connectivity index (χ1n) is 8.12. The molecule has 0 saturated heterocycles. The van der Waals surface area contributed by atoms with Gasteiger partial charge in [0, 0.05) is 6.04 Å². The molecule has 2 aromatic rings. The fraction of sp³-hybridized carbons (Fsp3) is 0.500. The van der Waals surface area contributed by atoms with Gasteiger partial charge in [0.25, 0.3) is 5.56 Å². The molecular formula is C16H18N3O4S2-. The predicted octanol–water partition coefficient (Wildman–Crippen LogP) is 1.20. The van der Waals surface area contributed by atoms with Crippen LogP contribution >= 0.6 is 23.1 Å². The second kappa shape index (κ2) is 7.57. The standard InChI is InChI=1S/C16H19N3O4S2/c1-8-11-13(21)18-16(19-14(11)25-12(8)15(22)23)24-7-10(20)17-9-5-3-2-4-6-9/h9H,2-7H2,1H3,(H,17,20)(H,22,23)(H,18,19,21)/p-1. The van der Waals surface area contributed by atoms with Crippen LogP contribution in [0.4, 0.5) is 0 Å². The van der Waals surface area contributed by atoms with Gasteiger partial charge in [-0.25, -0.2) is 4.98 Å². The Balaban J connectivity index is 1.70. The first-order chi connectivity index (χ1) is 12.0. The number of H-pyrrole nitrogens is 1. The van der Waals surface area contributed by atoms with Crippen molar-refractivity contribution in [2.75, 3.05) is 5.75 Å². The first-order valence-corrected chi connectivity index (χ1v) is 9.93. The Morgan fingerprint density at radius 1 is 1.36 bits per heavy atom. The number of thiophene rings is 1. The first kappa shape index (κ1) is 17.9. The summed E-state index contributed by atoms with van der Waals surface area (Å²) in [6.07, 6.45) is 5.53. The van der Waals surface area contributed by atoms with Gasteiger partial charge in [-0.2, -0.15) is 0 Å². The number of aryl methyl sites for hydroxylation is 1. The molecule has 0 radical (unpaired) electrons. The largest absolute Gasteiger partial charge is 0.544 e. The number of hydrogen-bond acceptors (Lipinski definition) is 7. The molecule has 134 valence electrons. The molecule has 2 aromatic heterocycles. The van der Waals surface area contributed by atoms with Crippen LogP contribution < -0.4 is 16.0 Å². The maximum absolute atomic E-state index is 12.2. The number of aromatic nitrogens is 2. The molecule has 25 heavy (non-hydrogen) atoms. The van der Waals surface area contributed by atoms with E-state index >= 15 is 0 Å². The van der Waals surface area contributed by atoms with Crippen molar-refractivity contribution in [2.45, 2.75) is 50.2 Å². The van der Waals surface area contributed by atoms with Gasteiger partial charge in [0.1, 0.15) is 4.83 Å². The fourth-order valence-corrected chi connectivity index (χ4v) is 4.78. The minimum absolute atomic E-state index is 0.00481. The van der Waals surface area contributed by atoms with Crippen molar-refractivity contribution in [3.8, 4) is 0 Å². The third-order valence-corrected chi connectivity index (χ3v) is 6.31. The number of aromatic carboxylic acids is 1. The van der Waals surface area contributed by atoms with E-state index in [1.54, 1.807) is 6.92 Å². The maximum atomic E-state index is 12.2. The van der Waals surface area contributed by atoms with E-state index < -0.39 is 11.5 Å². The van der Waals surface area contributed by atoms with Crippen molar-refractivity contribution in [3.05, 3.63) is 20.8 Å². The lowest BCUT2D eigenvalue weighted by Gasteiger charge is -2.22. The average molecular weight is 380 g/mol. The molecule has 0 aromatic carbocycles. The molecule has 0 unspecified atom stereocenters. The summed E-state index contributed by atoms with van der Waals surface area (Å²) in [5.74, 6) is -1.25. The lowest BCUT2D eigenvalue weighted by Crippen LogP contribution is -2.37. The van der Waals surface area contributed by atoms with Gasteiger partial charge in [-0.1, -0.05) is 31.0 Å². The van der Waals surface area contributed by atoms with Gasteiger partial charge < -0.3 is 20.2 Å². The molecule has 1 amide bonds. The van der Waals surface area contributed by atoms with E-state index in [1.807, 2.05) is 0 Å². The summed E-state index contributed by atoms with van der Waals surface area (Å²) in [4.78, 5) is 42.6. The molecule has 7 nitrogen and oxygen atoms in total. The minimum Gasteiger partial charge on any atom is -0.544 e. The van der Waals surface area contributed by atoms with E-state index in [4.69, 9.17) is 0 Å². The highest BCUT2D eigenvalue weighted by Crippen LogP contribution is 2.27. The Morgan fingerprint density at radius 2 is 2.08 bits per heavy atom. The van der Waals surface area contributed by atoms with Crippen molar-refractivity contribution < 1.29 is 14.7 Å². The average Bonchev–Trinajstić information content (AvgIpc) is 2.91. The van der Waals surface area contributed by atoms with Crippen LogP contribution in [0.1, 0.15) is 47.3 Å². The number of fused-ring (bicyclic) bond motifs is 1. The number of amides is 1. The molecule has 0 bridgehead atoms. The molecule has 1 fully saturated rings. The number of nitrogens with zero attached hydrogens (tertiary/aromatic N) is 1. The van der Waals surface area contributed by atoms with Gasteiger partial charge in [-0.15, -0.1) is 11.3 Å². The smallest absolute Gasteiger partial charge is 0.260 e. The molecule has 2 heterocycles. The van der Waals surface area contributed by atoms with Crippen LogP contribution in [0, 0.1) is 6.92 Å². The normalized spacial score (nSPS) is 15.4. The van der Waals surface area contributed by atoms with Crippen molar-refractivity contribution in [3.63, 3.8) is 0 Å². The second-order valence-electron chi connectivity index (χ2n) is 6.09. The van der Waals surface area contributed by atoms with E-state index in [1.165, 1.54) is 6.42 Å². The predicted molar refractivity (Wildman–Crippen MR) is 95.0 cm³/mol. The molecule has 1 saturated carbocycles. The molecule has 0 spiro atoms. The van der Waals surface area contributed by atoms with Gasteiger partial charge in [-0.05, 0) is 25.3 Å².